The van der Waals surface area contributed by atoms with E-state index in [1.165, 1.54) is 0 Å². The van der Waals surface area contributed by atoms with Crippen molar-refractivity contribution in [1.29, 1.82) is 0 Å². The van der Waals surface area contributed by atoms with Crippen LogP contribution in [-0.4, -0.2) is 34.7 Å². The minimum absolute atomic E-state index is 0.0673. The zero-order valence-corrected chi connectivity index (χ0v) is 7.57. The van der Waals surface area contributed by atoms with Crippen LogP contribution in [0.5, 0.6) is 0 Å². The Morgan fingerprint density at radius 1 is 1.36 bits per heavy atom. The fraction of sp³-hybridized carbons (Fsp3) is 1.00. The van der Waals surface area contributed by atoms with Crippen LogP contribution < -0.4 is 0 Å². The molecule has 8 heteroatoms. The van der Waals surface area contributed by atoms with Crippen LogP contribution in [0.1, 0.15) is 6.42 Å². The van der Waals surface area contributed by atoms with Gasteiger partial charge in [0.1, 0.15) is 6.61 Å². The molecule has 0 bridgehead atoms. The smallest absolute Gasteiger partial charge is 0.390 e. The molecule has 0 heterocycles. The molecule has 0 spiro atoms. The molecular weight excluding hydrogens is 191 g/mol. The first kappa shape index (κ1) is 11.1. The van der Waals surface area contributed by atoms with Gasteiger partial charge in [-0.2, -0.15) is 0 Å². The van der Waals surface area contributed by atoms with Crippen molar-refractivity contribution < 1.29 is 28.4 Å². The molecule has 1 atom stereocenters. The highest BCUT2D eigenvalue weighted by Crippen LogP contribution is 2.15. The summed E-state index contributed by atoms with van der Waals surface area (Å²) in [5.74, 6) is 0. The summed E-state index contributed by atoms with van der Waals surface area (Å²) in [5, 5.41) is 0. The number of hydrogen-bond donors (Lipinski definition) is 4. The predicted molar refractivity (Wildman–Crippen MR) is 37.6 cm³/mol. The van der Waals surface area contributed by atoms with Crippen molar-refractivity contribution in [3.05, 3.63) is 0 Å². The molecule has 0 saturated carbocycles. The van der Waals surface area contributed by atoms with Crippen molar-refractivity contribution in [2.45, 2.75) is 12.5 Å². The molecule has 0 aromatic heterocycles. The third-order valence-corrected chi connectivity index (χ3v) is 2.29. The molecule has 1 unspecified atom stereocenters. The van der Waals surface area contributed by atoms with Gasteiger partial charge in [-0.05, 0) is 6.42 Å². The fourth-order valence-corrected chi connectivity index (χ4v) is 1.36. The zero-order chi connectivity index (χ0) is 8.91. The summed E-state index contributed by atoms with van der Waals surface area (Å²) >= 11 is 0. The van der Waals surface area contributed by atoms with E-state index in [0.29, 0.717) is 0 Å². The van der Waals surface area contributed by atoms with E-state index >= 15 is 0 Å². The SMILES string of the molecule is O=[P+](O)OCCC[Si](O)(O)O. The zero-order valence-electron chi connectivity index (χ0n) is 5.67. The number of hydrogen-bond acceptors (Lipinski definition) is 5. The lowest BCUT2D eigenvalue weighted by atomic mass is 10.5. The third kappa shape index (κ3) is 10.1. The molecule has 0 fully saturated rings. The fourth-order valence-electron chi connectivity index (χ4n) is 0.452. The average molecular weight is 201 g/mol. The van der Waals surface area contributed by atoms with Crippen LogP contribution in [0.2, 0.25) is 6.04 Å². The van der Waals surface area contributed by atoms with Crippen LogP contribution in [0, 0.1) is 0 Å². The minimum atomic E-state index is -3.99. The number of rotatable bonds is 5. The molecule has 0 amide bonds. The molecule has 11 heavy (non-hydrogen) atoms. The van der Waals surface area contributed by atoms with Gasteiger partial charge in [-0.15, -0.1) is 9.42 Å². The van der Waals surface area contributed by atoms with Gasteiger partial charge in [0, 0.05) is 10.6 Å². The van der Waals surface area contributed by atoms with Crippen molar-refractivity contribution in [3.63, 3.8) is 0 Å². The molecule has 0 aliphatic carbocycles. The monoisotopic (exact) mass is 201 g/mol. The molecule has 0 aromatic carbocycles. The first-order chi connectivity index (χ1) is 4.92. The summed E-state index contributed by atoms with van der Waals surface area (Å²) in [4.78, 5) is 33.4. The van der Waals surface area contributed by atoms with Crippen molar-refractivity contribution >= 4 is 17.1 Å². The molecule has 0 rings (SSSR count). The van der Waals surface area contributed by atoms with E-state index in [1.54, 1.807) is 0 Å². The van der Waals surface area contributed by atoms with E-state index in [0.717, 1.165) is 0 Å². The van der Waals surface area contributed by atoms with Crippen LogP contribution in [0.4, 0.5) is 0 Å². The lowest BCUT2D eigenvalue weighted by Gasteiger charge is -2.05. The van der Waals surface area contributed by atoms with Crippen LogP contribution in [0.15, 0.2) is 0 Å². The highest BCUT2D eigenvalue weighted by atomic mass is 31.1. The van der Waals surface area contributed by atoms with E-state index in [1.807, 2.05) is 0 Å². The van der Waals surface area contributed by atoms with Crippen LogP contribution >= 0.6 is 8.25 Å². The van der Waals surface area contributed by atoms with E-state index in [9.17, 15) is 4.57 Å². The summed E-state index contributed by atoms with van der Waals surface area (Å²) in [6.45, 7) is -0.0673. The van der Waals surface area contributed by atoms with E-state index in [4.69, 9.17) is 19.3 Å². The maximum absolute atomic E-state index is 9.87. The second kappa shape index (κ2) is 4.89. The summed E-state index contributed by atoms with van der Waals surface area (Å²) in [5.41, 5.74) is 0. The second-order valence-corrected chi connectivity index (χ2v) is 4.73. The summed E-state index contributed by atoms with van der Waals surface area (Å²) in [6.07, 6.45) is 0.150. The topological polar surface area (TPSA) is 107 Å². The maximum Gasteiger partial charge on any atom is 0.694 e. The summed E-state index contributed by atoms with van der Waals surface area (Å²) in [7, 11) is -6.61. The second-order valence-electron chi connectivity index (χ2n) is 1.95. The Morgan fingerprint density at radius 3 is 2.27 bits per heavy atom. The Hall–Kier alpha value is 0.117. The molecule has 0 aromatic rings. The van der Waals surface area contributed by atoms with Gasteiger partial charge >= 0.3 is 17.1 Å². The standard InChI is InChI=1S/C3H9O6PSi/c4-10(5)9-2-1-3-11(6,7)8/h6-8H,1-3H2/p+1. The van der Waals surface area contributed by atoms with Gasteiger partial charge in [-0.25, -0.2) is 0 Å². The first-order valence-electron chi connectivity index (χ1n) is 2.88. The van der Waals surface area contributed by atoms with Crippen molar-refractivity contribution in [3.8, 4) is 0 Å². The minimum Gasteiger partial charge on any atom is -0.390 e. The van der Waals surface area contributed by atoms with E-state index < -0.39 is 17.1 Å². The Balaban J connectivity index is 3.22. The maximum atomic E-state index is 9.87. The highest BCUT2D eigenvalue weighted by Gasteiger charge is 2.26. The van der Waals surface area contributed by atoms with Crippen LogP contribution in [0.25, 0.3) is 0 Å². The van der Waals surface area contributed by atoms with Crippen molar-refractivity contribution in [2.75, 3.05) is 6.61 Å². The van der Waals surface area contributed by atoms with Crippen LogP contribution in [-0.2, 0) is 9.09 Å². The molecular formula is C3H10O6PSi+. The van der Waals surface area contributed by atoms with E-state index in [-0.39, 0.29) is 19.1 Å². The lowest BCUT2D eigenvalue weighted by Crippen LogP contribution is -2.34. The van der Waals surface area contributed by atoms with E-state index in [2.05, 4.69) is 4.52 Å². The Kier molecular flexibility index (Phi) is 4.94. The van der Waals surface area contributed by atoms with Gasteiger partial charge in [0.25, 0.3) is 0 Å². The van der Waals surface area contributed by atoms with Gasteiger partial charge in [0.2, 0.25) is 0 Å². The summed E-state index contributed by atoms with van der Waals surface area (Å²) < 4.78 is 14.1. The Morgan fingerprint density at radius 2 is 1.91 bits per heavy atom. The van der Waals surface area contributed by atoms with Crippen molar-refractivity contribution in [2.24, 2.45) is 0 Å². The van der Waals surface area contributed by atoms with Gasteiger partial charge in [0.15, 0.2) is 0 Å². The Bertz CT molecular complexity index is 132. The van der Waals surface area contributed by atoms with Crippen LogP contribution in [0.3, 0.4) is 0 Å². The van der Waals surface area contributed by atoms with Gasteiger partial charge in [0.05, 0.1) is 0 Å². The molecule has 0 aliphatic rings. The normalized spacial score (nSPS) is 13.3. The lowest BCUT2D eigenvalue weighted by molar-refractivity contribution is 0.217. The van der Waals surface area contributed by atoms with Gasteiger partial charge in [-0.3, -0.25) is 0 Å². The molecule has 6 nitrogen and oxygen atoms in total. The molecule has 0 aliphatic heterocycles. The predicted octanol–water partition coefficient (Wildman–Crippen LogP) is -1.04. The van der Waals surface area contributed by atoms with Gasteiger partial charge in [-0.1, -0.05) is 0 Å². The van der Waals surface area contributed by atoms with Gasteiger partial charge < -0.3 is 14.4 Å². The molecule has 66 valence electrons. The largest absolute Gasteiger partial charge is 0.694 e. The summed E-state index contributed by atoms with van der Waals surface area (Å²) in [6, 6.07) is -0.184. The molecule has 0 saturated heterocycles. The Labute approximate surface area is 65.4 Å². The highest BCUT2D eigenvalue weighted by molar-refractivity contribution is 7.32. The quantitative estimate of drug-likeness (QED) is 0.257. The van der Waals surface area contributed by atoms with Crippen molar-refractivity contribution in [1.82, 2.24) is 0 Å². The third-order valence-electron chi connectivity index (χ3n) is 0.858. The molecule has 0 radical (unpaired) electrons. The molecule has 4 N–H and O–H groups in total. The first-order valence-corrected chi connectivity index (χ1v) is 6.06. The average Bonchev–Trinajstić information content (AvgIpc) is 1.78.